The molecule has 1 amide bonds. The lowest BCUT2D eigenvalue weighted by Crippen LogP contribution is -2.16. The summed E-state index contributed by atoms with van der Waals surface area (Å²) in [6.07, 6.45) is 1.67. The van der Waals surface area contributed by atoms with Gasteiger partial charge in [-0.25, -0.2) is 8.42 Å². The fraction of sp³-hybridized carbons (Fsp3) is 0.167. The van der Waals surface area contributed by atoms with Gasteiger partial charge in [0.25, 0.3) is 15.9 Å². The van der Waals surface area contributed by atoms with Gasteiger partial charge in [-0.3, -0.25) is 9.52 Å². The first kappa shape index (κ1) is 20.0. The van der Waals surface area contributed by atoms with Crippen LogP contribution in [0.3, 0.4) is 0 Å². The van der Waals surface area contributed by atoms with Gasteiger partial charge in [0.1, 0.15) is 10.6 Å². The molecule has 6 nitrogen and oxygen atoms in total. The number of carbonyl (C=O) groups is 1. The first-order chi connectivity index (χ1) is 12.3. The van der Waals surface area contributed by atoms with Gasteiger partial charge in [0.2, 0.25) is 0 Å². The van der Waals surface area contributed by atoms with Gasteiger partial charge in [0.15, 0.2) is 0 Å². The van der Waals surface area contributed by atoms with Crippen LogP contribution in [0.1, 0.15) is 13.8 Å². The number of hydrogen-bond acceptors (Lipinski definition) is 4. The van der Waals surface area contributed by atoms with Gasteiger partial charge < -0.3 is 10.1 Å². The summed E-state index contributed by atoms with van der Waals surface area (Å²) in [5.41, 5.74) is 1.29. The van der Waals surface area contributed by atoms with Crippen LogP contribution in [0.15, 0.2) is 63.5 Å². The summed E-state index contributed by atoms with van der Waals surface area (Å²) >= 11 is 3.30. The molecule has 0 aliphatic rings. The monoisotopic (exact) mass is 438 g/mol. The molecule has 0 radical (unpaired) electrons. The third-order valence-electron chi connectivity index (χ3n) is 3.60. The van der Waals surface area contributed by atoms with Gasteiger partial charge in [-0.15, -0.1) is 0 Å². The minimum absolute atomic E-state index is 0.0705. The van der Waals surface area contributed by atoms with E-state index in [0.717, 1.165) is 4.47 Å². The van der Waals surface area contributed by atoms with Crippen LogP contribution >= 0.6 is 15.9 Å². The summed E-state index contributed by atoms with van der Waals surface area (Å²) < 4.78 is 34.0. The molecule has 0 aliphatic carbocycles. The van der Waals surface area contributed by atoms with Crippen LogP contribution < -0.4 is 14.8 Å². The van der Waals surface area contributed by atoms with Crippen molar-refractivity contribution in [3.05, 3.63) is 58.6 Å². The van der Waals surface area contributed by atoms with E-state index in [-0.39, 0.29) is 16.6 Å². The molecule has 2 aromatic carbocycles. The summed E-state index contributed by atoms with van der Waals surface area (Å²) in [6, 6.07) is 11.2. The van der Waals surface area contributed by atoms with Crippen LogP contribution in [0.2, 0.25) is 0 Å². The molecule has 2 aromatic rings. The highest BCUT2D eigenvalue weighted by Crippen LogP contribution is 2.29. The van der Waals surface area contributed by atoms with Crippen LogP contribution in [0.25, 0.3) is 0 Å². The molecule has 0 saturated heterocycles. The molecule has 0 fully saturated rings. The Morgan fingerprint density at radius 3 is 2.31 bits per heavy atom. The van der Waals surface area contributed by atoms with Gasteiger partial charge in [0, 0.05) is 21.4 Å². The van der Waals surface area contributed by atoms with Crippen molar-refractivity contribution in [2.24, 2.45) is 0 Å². The summed E-state index contributed by atoms with van der Waals surface area (Å²) in [7, 11) is -2.52. The maximum atomic E-state index is 12.8. The second kappa shape index (κ2) is 8.37. The summed E-state index contributed by atoms with van der Waals surface area (Å²) in [5, 5.41) is 2.67. The molecule has 138 valence electrons. The number of benzene rings is 2. The van der Waals surface area contributed by atoms with E-state index in [2.05, 4.69) is 26.0 Å². The first-order valence-electron chi connectivity index (χ1n) is 7.67. The summed E-state index contributed by atoms with van der Waals surface area (Å²) in [5.74, 6) is -0.128. The zero-order valence-corrected chi connectivity index (χ0v) is 16.9. The van der Waals surface area contributed by atoms with Gasteiger partial charge in [-0.2, -0.15) is 0 Å². The SMILES string of the molecule is C/C=C(\C)C(=O)Nc1ccc(OC)c(S(=O)(=O)Nc2ccc(Br)cc2)c1. The molecular formula is C18H19BrN2O4S. The van der Waals surface area contributed by atoms with Crippen LogP contribution in [0, 0.1) is 0 Å². The number of rotatable bonds is 6. The quantitative estimate of drug-likeness (QED) is 0.662. The summed E-state index contributed by atoms with van der Waals surface area (Å²) in [4.78, 5) is 11.9. The molecule has 0 unspecified atom stereocenters. The highest BCUT2D eigenvalue weighted by Gasteiger charge is 2.21. The average Bonchev–Trinajstić information content (AvgIpc) is 2.62. The van der Waals surface area contributed by atoms with Gasteiger partial charge in [0.05, 0.1) is 7.11 Å². The molecule has 0 aromatic heterocycles. The Morgan fingerprint density at radius 1 is 1.12 bits per heavy atom. The lowest BCUT2D eigenvalue weighted by Gasteiger charge is -2.14. The Hall–Kier alpha value is -2.32. The topological polar surface area (TPSA) is 84.5 Å². The standard InChI is InChI=1S/C18H19BrN2O4S/c1-4-12(2)18(22)20-15-9-10-16(25-3)17(11-15)26(23,24)21-14-7-5-13(19)6-8-14/h4-11,21H,1-3H3,(H,20,22)/b12-4+. The van der Waals surface area contributed by atoms with E-state index in [0.29, 0.717) is 16.9 Å². The fourth-order valence-corrected chi connectivity index (χ4v) is 3.57. The maximum absolute atomic E-state index is 12.8. The molecule has 0 aliphatic heterocycles. The summed E-state index contributed by atoms with van der Waals surface area (Å²) in [6.45, 7) is 3.42. The van der Waals surface area contributed by atoms with E-state index >= 15 is 0 Å². The average molecular weight is 439 g/mol. The highest BCUT2D eigenvalue weighted by atomic mass is 79.9. The Kier molecular flexibility index (Phi) is 6.44. The third-order valence-corrected chi connectivity index (χ3v) is 5.53. The van der Waals surface area contributed by atoms with Gasteiger partial charge >= 0.3 is 0 Å². The lowest BCUT2D eigenvalue weighted by atomic mass is 10.2. The molecule has 0 atom stereocenters. The largest absolute Gasteiger partial charge is 0.495 e. The van der Waals surface area contributed by atoms with Gasteiger partial charge in [-0.05, 0) is 56.3 Å². The van der Waals surface area contributed by atoms with E-state index in [4.69, 9.17) is 4.74 Å². The Morgan fingerprint density at radius 2 is 1.73 bits per heavy atom. The minimum Gasteiger partial charge on any atom is -0.495 e. The Bertz CT molecular complexity index is 938. The molecule has 0 heterocycles. The molecule has 8 heteroatoms. The molecule has 26 heavy (non-hydrogen) atoms. The van der Waals surface area contributed by atoms with Gasteiger partial charge in [-0.1, -0.05) is 22.0 Å². The number of carbonyl (C=O) groups excluding carboxylic acids is 1. The zero-order valence-electron chi connectivity index (χ0n) is 14.5. The molecule has 0 bridgehead atoms. The maximum Gasteiger partial charge on any atom is 0.265 e. The smallest absolute Gasteiger partial charge is 0.265 e. The Labute approximate surface area is 161 Å². The number of anilines is 2. The number of hydrogen-bond donors (Lipinski definition) is 2. The van der Waals surface area contributed by atoms with E-state index < -0.39 is 10.0 Å². The molecule has 0 spiro atoms. The van der Waals surface area contributed by atoms with E-state index in [1.54, 1.807) is 50.3 Å². The molecule has 2 N–H and O–H groups in total. The van der Waals surface area contributed by atoms with Crippen LogP contribution in [0.4, 0.5) is 11.4 Å². The minimum atomic E-state index is -3.91. The predicted octanol–water partition coefficient (Wildman–Crippen LogP) is 4.16. The van der Waals surface area contributed by atoms with Crippen molar-refractivity contribution >= 4 is 43.2 Å². The second-order valence-electron chi connectivity index (χ2n) is 5.40. The van der Waals surface area contributed by atoms with Crippen LogP contribution in [-0.2, 0) is 14.8 Å². The number of methoxy groups -OCH3 is 1. The Balaban J connectivity index is 2.37. The number of allylic oxidation sites excluding steroid dienone is 1. The number of sulfonamides is 1. The van der Waals surface area contributed by atoms with E-state index in [1.165, 1.54) is 19.2 Å². The zero-order chi connectivity index (χ0) is 19.3. The predicted molar refractivity (Wildman–Crippen MR) is 106 cm³/mol. The molecule has 2 rings (SSSR count). The van der Waals surface area contributed by atoms with Crippen molar-refractivity contribution in [1.82, 2.24) is 0 Å². The first-order valence-corrected chi connectivity index (χ1v) is 9.95. The van der Waals surface area contributed by atoms with E-state index in [9.17, 15) is 13.2 Å². The fourth-order valence-electron chi connectivity index (χ4n) is 2.05. The normalized spacial score (nSPS) is 11.8. The van der Waals surface area contributed by atoms with Crippen molar-refractivity contribution in [1.29, 1.82) is 0 Å². The number of amides is 1. The second-order valence-corrected chi connectivity index (χ2v) is 7.97. The van der Waals surface area contributed by atoms with Crippen molar-refractivity contribution in [3.63, 3.8) is 0 Å². The number of halogens is 1. The molecule has 0 saturated carbocycles. The van der Waals surface area contributed by atoms with Crippen LogP contribution in [0.5, 0.6) is 5.75 Å². The number of nitrogens with one attached hydrogen (secondary N) is 2. The molecular weight excluding hydrogens is 420 g/mol. The third kappa shape index (κ3) is 4.86. The van der Waals surface area contributed by atoms with Crippen molar-refractivity contribution < 1.29 is 17.9 Å². The van der Waals surface area contributed by atoms with Crippen molar-refractivity contribution in [2.45, 2.75) is 18.7 Å². The van der Waals surface area contributed by atoms with Crippen molar-refractivity contribution in [2.75, 3.05) is 17.1 Å². The van der Waals surface area contributed by atoms with Crippen LogP contribution in [-0.4, -0.2) is 21.4 Å². The van der Waals surface area contributed by atoms with E-state index in [1.807, 2.05) is 0 Å². The number of ether oxygens (including phenoxy) is 1. The lowest BCUT2D eigenvalue weighted by molar-refractivity contribution is -0.112. The van der Waals surface area contributed by atoms with Crippen molar-refractivity contribution in [3.8, 4) is 5.75 Å². The highest BCUT2D eigenvalue weighted by molar-refractivity contribution is 9.10.